The second-order valence-corrected chi connectivity index (χ2v) is 5.78. The van der Waals surface area contributed by atoms with Crippen molar-refractivity contribution in [1.82, 2.24) is 5.32 Å². The third-order valence-electron chi connectivity index (χ3n) is 4.13. The van der Waals surface area contributed by atoms with Gasteiger partial charge in [0.05, 0.1) is 0 Å². The zero-order valence-electron chi connectivity index (χ0n) is 13.1. The molecule has 0 heterocycles. The zero-order valence-corrected chi connectivity index (χ0v) is 13.1. The first-order valence-corrected chi connectivity index (χ1v) is 7.75. The van der Waals surface area contributed by atoms with Gasteiger partial charge in [-0.2, -0.15) is 0 Å². The number of rotatable bonds is 4. The Morgan fingerprint density at radius 1 is 1.17 bits per heavy atom. The Morgan fingerprint density at radius 2 is 1.74 bits per heavy atom. The molecule has 3 nitrogen and oxygen atoms in total. The predicted octanol–water partition coefficient (Wildman–Crippen LogP) is 3.94. The highest BCUT2D eigenvalue weighted by atomic mass is 16.5. The van der Waals surface area contributed by atoms with Gasteiger partial charge in [-0.15, -0.1) is 12.3 Å². The van der Waals surface area contributed by atoms with Crippen LogP contribution in [0.4, 0.5) is 4.79 Å². The van der Waals surface area contributed by atoms with E-state index >= 15 is 0 Å². The molecule has 2 aromatic carbocycles. The first-order chi connectivity index (χ1) is 11.2. The van der Waals surface area contributed by atoms with Crippen LogP contribution in [0.1, 0.15) is 30.4 Å². The second kappa shape index (κ2) is 6.58. The summed E-state index contributed by atoms with van der Waals surface area (Å²) in [7, 11) is 0. The molecular formula is C20H19NO2. The Hall–Kier alpha value is -2.73. The second-order valence-electron chi connectivity index (χ2n) is 5.78. The van der Waals surface area contributed by atoms with E-state index in [1.165, 1.54) is 22.3 Å². The maximum absolute atomic E-state index is 11.9. The summed E-state index contributed by atoms with van der Waals surface area (Å²) >= 11 is 0. The molecule has 3 heteroatoms. The minimum absolute atomic E-state index is 0.0797. The lowest BCUT2D eigenvalue weighted by molar-refractivity contribution is 0.140. The highest BCUT2D eigenvalue weighted by Crippen LogP contribution is 2.44. The van der Waals surface area contributed by atoms with Crippen LogP contribution >= 0.6 is 0 Å². The van der Waals surface area contributed by atoms with Gasteiger partial charge in [-0.1, -0.05) is 48.5 Å². The first kappa shape index (κ1) is 15.2. The maximum Gasteiger partial charge on any atom is 0.407 e. The van der Waals surface area contributed by atoms with Crippen molar-refractivity contribution in [3.63, 3.8) is 0 Å². The monoisotopic (exact) mass is 305 g/mol. The number of carbonyl (C=O) groups excluding carboxylic acids is 1. The van der Waals surface area contributed by atoms with E-state index in [4.69, 9.17) is 11.2 Å². The zero-order chi connectivity index (χ0) is 16.2. The molecule has 2 aromatic rings. The quantitative estimate of drug-likeness (QED) is 0.869. The van der Waals surface area contributed by atoms with Gasteiger partial charge in [-0.05, 0) is 29.2 Å². The molecule has 0 bridgehead atoms. The van der Waals surface area contributed by atoms with Crippen molar-refractivity contribution in [3.8, 4) is 23.5 Å². The lowest BCUT2D eigenvalue weighted by atomic mass is 9.98. The molecule has 0 spiro atoms. The van der Waals surface area contributed by atoms with E-state index in [1.54, 1.807) is 0 Å². The van der Waals surface area contributed by atoms with E-state index in [0.717, 1.165) is 0 Å². The summed E-state index contributed by atoms with van der Waals surface area (Å²) in [6.07, 6.45) is 5.31. The molecule has 116 valence electrons. The number of benzene rings is 2. The molecule has 0 unspecified atom stereocenters. The van der Waals surface area contributed by atoms with Crippen molar-refractivity contribution in [3.05, 3.63) is 59.7 Å². The van der Waals surface area contributed by atoms with E-state index in [2.05, 4.69) is 35.5 Å². The van der Waals surface area contributed by atoms with Crippen LogP contribution in [-0.4, -0.2) is 18.7 Å². The Kier molecular flexibility index (Phi) is 4.34. The minimum Gasteiger partial charge on any atom is -0.449 e. The van der Waals surface area contributed by atoms with Gasteiger partial charge in [0.15, 0.2) is 0 Å². The SMILES string of the molecule is C#CC[C@H](C)NC(=O)OCC1c2ccccc2-c2ccccc21. The molecule has 0 aliphatic heterocycles. The molecule has 0 aromatic heterocycles. The number of amides is 1. The van der Waals surface area contributed by atoms with E-state index in [9.17, 15) is 4.79 Å². The lowest BCUT2D eigenvalue weighted by Crippen LogP contribution is -2.33. The average Bonchev–Trinajstić information content (AvgIpc) is 2.87. The van der Waals surface area contributed by atoms with Gasteiger partial charge in [-0.25, -0.2) is 4.79 Å². The molecule has 0 saturated heterocycles. The number of nitrogens with one attached hydrogen (secondary N) is 1. The Morgan fingerprint density at radius 3 is 2.30 bits per heavy atom. The normalized spacial score (nSPS) is 13.6. The van der Waals surface area contributed by atoms with E-state index in [-0.39, 0.29) is 12.0 Å². The summed E-state index contributed by atoms with van der Waals surface area (Å²) in [4.78, 5) is 11.9. The summed E-state index contributed by atoms with van der Waals surface area (Å²) in [5.74, 6) is 2.61. The average molecular weight is 305 g/mol. The van der Waals surface area contributed by atoms with Crippen LogP contribution in [0.15, 0.2) is 48.5 Å². The van der Waals surface area contributed by atoms with Crippen LogP contribution in [-0.2, 0) is 4.74 Å². The molecule has 1 amide bonds. The third kappa shape index (κ3) is 3.07. The highest BCUT2D eigenvalue weighted by molar-refractivity contribution is 5.79. The van der Waals surface area contributed by atoms with E-state index in [0.29, 0.717) is 13.0 Å². The molecule has 1 N–H and O–H groups in total. The molecule has 0 radical (unpaired) electrons. The molecule has 1 atom stereocenters. The van der Waals surface area contributed by atoms with Crippen LogP contribution in [0, 0.1) is 12.3 Å². The summed E-state index contributed by atoms with van der Waals surface area (Å²) in [6.45, 7) is 2.18. The van der Waals surface area contributed by atoms with Crippen LogP contribution in [0.2, 0.25) is 0 Å². The molecule has 1 aliphatic carbocycles. The van der Waals surface area contributed by atoms with Gasteiger partial charge in [0.2, 0.25) is 0 Å². The fourth-order valence-corrected chi connectivity index (χ4v) is 3.07. The first-order valence-electron chi connectivity index (χ1n) is 7.75. The van der Waals surface area contributed by atoms with Gasteiger partial charge in [0.1, 0.15) is 6.61 Å². The van der Waals surface area contributed by atoms with Gasteiger partial charge >= 0.3 is 6.09 Å². The predicted molar refractivity (Wildman–Crippen MR) is 91.1 cm³/mol. The topological polar surface area (TPSA) is 38.3 Å². The smallest absolute Gasteiger partial charge is 0.407 e. The van der Waals surface area contributed by atoms with Crippen molar-refractivity contribution >= 4 is 6.09 Å². The summed E-state index contributed by atoms with van der Waals surface area (Å²) in [6, 6.07) is 16.5. The van der Waals surface area contributed by atoms with Crippen molar-refractivity contribution in [2.24, 2.45) is 0 Å². The van der Waals surface area contributed by atoms with Gasteiger partial charge in [0, 0.05) is 18.4 Å². The van der Waals surface area contributed by atoms with Crippen LogP contribution in [0.25, 0.3) is 11.1 Å². The van der Waals surface area contributed by atoms with Crippen LogP contribution in [0.5, 0.6) is 0 Å². The molecular weight excluding hydrogens is 286 g/mol. The number of hydrogen-bond acceptors (Lipinski definition) is 2. The summed E-state index contributed by atoms with van der Waals surface area (Å²) < 4.78 is 5.44. The van der Waals surface area contributed by atoms with Crippen LogP contribution in [0.3, 0.4) is 0 Å². The fraction of sp³-hybridized carbons (Fsp3) is 0.250. The van der Waals surface area contributed by atoms with Crippen molar-refractivity contribution in [1.29, 1.82) is 0 Å². The number of terminal acetylenes is 1. The van der Waals surface area contributed by atoms with Gasteiger partial charge in [0.25, 0.3) is 0 Å². The molecule has 23 heavy (non-hydrogen) atoms. The molecule has 1 aliphatic rings. The molecule has 0 saturated carbocycles. The number of hydrogen-bond donors (Lipinski definition) is 1. The molecule has 0 fully saturated rings. The third-order valence-corrected chi connectivity index (χ3v) is 4.13. The minimum atomic E-state index is -0.422. The van der Waals surface area contributed by atoms with Crippen molar-refractivity contribution < 1.29 is 9.53 Å². The largest absolute Gasteiger partial charge is 0.449 e. The van der Waals surface area contributed by atoms with Gasteiger partial charge in [-0.3, -0.25) is 0 Å². The standard InChI is InChI=1S/C20H19NO2/c1-3-8-14(2)21-20(22)23-13-19-17-11-6-4-9-15(17)16-10-5-7-12-18(16)19/h1,4-7,9-12,14,19H,8,13H2,2H3,(H,21,22)/t14-/m0/s1. The molecule has 3 rings (SSSR count). The summed E-state index contributed by atoms with van der Waals surface area (Å²) in [5.41, 5.74) is 4.85. The Balaban J connectivity index is 1.74. The van der Waals surface area contributed by atoms with E-state index < -0.39 is 6.09 Å². The maximum atomic E-state index is 11.9. The van der Waals surface area contributed by atoms with Crippen molar-refractivity contribution in [2.75, 3.05) is 6.61 Å². The Labute approximate surface area is 136 Å². The van der Waals surface area contributed by atoms with Crippen LogP contribution < -0.4 is 5.32 Å². The number of carbonyl (C=O) groups is 1. The number of alkyl carbamates (subject to hydrolysis) is 1. The summed E-state index contributed by atoms with van der Waals surface area (Å²) in [5, 5.41) is 2.75. The number of fused-ring (bicyclic) bond motifs is 3. The van der Waals surface area contributed by atoms with Gasteiger partial charge < -0.3 is 10.1 Å². The van der Waals surface area contributed by atoms with E-state index in [1.807, 2.05) is 31.2 Å². The lowest BCUT2D eigenvalue weighted by Gasteiger charge is -2.16. The fourth-order valence-electron chi connectivity index (χ4n) is 3.07. The number of ether oxygens (including phenoxy) is 1. The highest BCUT2D eigenvalue weighted by Gasteiger charge is 2.29. The van der Waals surface area contributed by atoms with Crippen molar-refractivity contribution in [2.45, 2.75) is 25.3 Å². The Bertz CT molecular complexity index is 715.